The number of benzene rings is 3. The average Bonchev–Trinajstić information content (AvgIpc) is 2.78. The Morgan fingerprint density at radius 3 is 2.30 bits per heavy atom. The predicted octanol–water partition coefficient (Wildman–Crippen LogP) is 5.75. The van der Waals surface area contributed by atoms with Gasteiger partial charge >= 0.3 is 5.97 Å². The molecule has 0 atom stereocenters. The van der Waals surface area contributed by atoms with Crippen molar-refractivity contribution in [1.82, 2.24) is 0 Å². The summed E-state index contributed by atoms with van der Waals surface area (Å²) in [6.07, 6.45) is 1.72. The van der Waals surface area contributed by atoms with Crippen LogP contribution in [0, 0.1) is 11.3 Å². The molecular weight excluding hydrogens is 446 g/mol. The molecule has 150 valence electrons. The maximum absolute atomic E-state index is 12.4. The predicted molar refractivity (Wildman–Crippen MR) is 119 cm³/mol. The number of rotatable bonds is 6. The number of allylic oxidation sites excluding steroid dienone is 1. The van der Waals surface area contributed by atoms with Crippen molar-refractivity contribution in [2.75, 3.05) is 14.2 Å². The molecule has 30 heavy (non-hydrogen) atoms. The summed E-state index contributed by atoms with van der Waals surface area (Å²) in [6, 6.07) is 21.5. The Bertz CT molecular complexity index is 1130. The molecule has 0 aromatic heterocycles. The summed E-state index contributed by atoms with van der Waals surface area (Å²) in [5, 5.41) is 9.63. The summed E-state index contributed by atoms with van der Waals surface area (Å²) in [5.74, 6) is 0.790. The second-order valence-corrected chi connectivity index (χ2v) is 7.09. The van der Waals surface area contributed by atoms with Crippen molar-refractivity contribution in [3.05, 3.63) is 87.9 Å². The summed E-state index contributed by atoms with van der Waals surface area (Å²) in [4.78, 5) is 12.4. The number of halogens is 1. The van der Waals surface area contributed by atoms with Gasteiger partial charge in [0.15, 0.2) is 11.5 Å². The quantitative estimate of drug-likeness (QED) is 0.201. The van der Waals surface area contributed by atoms with Crippen molar-refractivity contribution in [3.8, 4) is 23.3 Å². The number of esters is 1. The highest BCUT2D eigenvalue weighted by Crippen LogP contribution is 2.32. The minimum Gasteiger partial charge on any atom is -0.496 e. The zero-order valence-electron chi connectivity index (χ0n) is 16.4. The van der Waals surface area contributed by atoms with Crippen molar-refractivity contribution in [2.45, 2.75) is 0 Å². The van der Waals surface area contributed by atoms with Gasteiger partial charge in [-0.05, 0) is 60.2 Å². The Balaban J connectivity index is 1.89. The highest BCUT2D eigenvalue weighted by atomic mass is 79.9. The maximum Gasteiger partial charge on any atom is 0.343 e. The van der Waals surface area contributed by atoms with E-state index >= 15 is 0 Å². The molecule has 5 nitrogen and oxygen atoms in total. The smallest absolute Gasteiger partial charge is 0.343 e. The Kier molecular flexibility index (Phi) is 6.89. The van der Waals surface area contributed by atoms with Crippen LogP contribution < -0.4 is 14.2 Å². The highest BCUT2D eigenvalue weighted by molar-refractivity contribution is 9.10. The van der Waals surface area contributed by atoms with E-state index in [4.69, 9.17) is 14.2 Å². The van der Waals surface area contributed by atoms with Gasteiger partial charge < -0.3 is 14.2 Å². The molecule has 6 heteroatoms. The number of carbonyl (C=O) groups excluding carboxylic acids is 1. The van der Waals surface area contributed by atoms with Crippen LogP contribution in [0.2, 0.25) is 0 Å². The van der Waals surface area contributed by atoms with Crippen molar-refractivity contribution >= 4 is 33.5 Å². The molecule has 0 saturated heterocycles. The molecule has 0 heterocycles. The third-order valence-electron chi connectivity index (χ3n) is 4.30. The van der Waals surface area contributed by atoms with E-state index < -0.39 is 5.97 Å². The molecule has 3 rings (SSSR count). The Morgan fingerprint density at radius 2 is 1.63 bits per heavy atom. The summed E-state index contributed by atoms with van der Waals surface area (Å²) in [6.45, 7) is 0. The normalized spacial score (nSPS) is 10.8. The lowest BCUT2D eigenvalue weighted by Crippen LogP contribution is -2.09. The molecule has 0 bridgehead atoms. The first kappa shape index (κ1) is 21.2. The molecule has 0 aliphatic heterocycles. The minimum atomic E-state index is -0.490. The van der Waals surface area contributed by atoms with Crippen molar-refractivity contribution in [1.29, 1.82) is 5.26 Å². The number of methoxy groups -OCH3 is 2. The molecule has 0 radical (unpaired) electrons. The lowest BCUT2D eigenvalue weighted by Gasteiger charge is -2.11. The fourth-order valence-corrected chi connectivity index (χ4v) is 3.07. The van der Waals surface area contributed by atoms with Gasteiger partial charge in [-0.2, -0.15) is 5.26 Å². The van der Waals surface area contributed by atoms with Gasteiger partial charge in [0, 0.05) is 10.0 Å². The van der Waals surface area contributed by atoms with Crippen molar-refractivity contribution in [3.63, 3.8) is 0 Å². The van der Waals surface area contributed by atoms with E-state index in [0.29, 0.717) is 33.9 Å². The second-order valence-electron chi connectivity index (χ2n) is 6.18. The van der Waals surface area contributed by atoms with E-state index in [0.717, 1.165) is 10.0 Å². The largest absolute Gasteiger partial charge is 0.496 e. The van der Waals surface area contributed by atoms with Crippen LogP contribution >= 0.6 is 15.9 Å². The van der Waals surface area contributed by atoms with Gasteiger partial charge in [-0.15, -0.1) is 0 Å². The van der Waals surface area contributed by atoms with E-state index in [1.807, 2.05) is 18.2 Å². The van der Waals surface area contributed by atoms with Gasteiger partial charge in [-0.3, -0.25) is 0 Å². The number of hydrogen-bond donors (Lipinski definition) is 0. The first-order valence-corrected chi connectivity index (χ1v) is 9.76. The number of hydrogen-bond acceptors (Lipinski definition) is 5. The number of nitriles is 1. The second kappa shape index (κ2) is 9.77. The lowest BCUT2D eigenvalue weighted by molar-refractivity contribution is 0.0729. The number of carbonyl (C=O) groups is 1. The molecule has 0 saturated carbocycles. The first-order chi connectivity index (χ1) is 14.5. The van der Waals surface area contributed by atoms with Crippen LogP contribution in [0.1, 0.15) is 21.5 Å². The van der Waals surface area contributed by atoms with Gasteiger partial charge in [0.25, 0.3) is 0 Å². The van der Waals surface area contributed by atoms with Crippen LogP contribution in [-0.2, 0) is 0 Å². The first-order valence-electron chi connectivity index (χ1n) is 8.96. The summed E-state index contributed by atoms with van der Waals surface area (Å²) in [5.41, 5.74) is 2.27. The van der Waals surface area contributed by atoms with Crippen molar-refractivity contribution in [2.24, 2.45) is 0 Å². The molecule has 0 aliphatic rings. The summed E-state index contributed by atoms with van der Waals surface area (Å²) >= 11 is 3.34. The van der Waals surface area contributed by atoms with Crippen LogP contribution in [0.4, 0.5) is 0 Å². The van der Waals surface area contributed by atoms with Gasteiger partial charge in [-0.25, -0.2) is 4.79 Å². The summed E-state index contributed by atoms with van der Waals surface area (Å²) < 4.78 is 17.1. The maximum atomic E-state index is 12.4. The molecule has 0 unspecified atom stereocenters. The highest BCUT2D eigenvalue weighted by Gasteiger charge is 2.14. The zero-order chi connectivity index (χ0) is 21.5. The number of nitrogens with zero attached hydrogens (tertiary/aromatic N) is 1. The van der Waals surface area contributed by atoms with Gasteiger partial charge in [0.05, 0.1) is 31.4 Å². The SMILES string of the molecule is COc1cc(/C=C(/C#N)c2ccccc2OC)ccc1OC(=O)c1ccc(Br)cc1. The molecule has 3 aromatic rings. The molecule has 3 aromatic carbocycles. The lowest BCUT2D eigenvalue weighted by atomic mass is 10.0. The van der Waals surface area contributed by atoms with Crippen LogP contribution in [-0.4, -0.2) is 20.2 Å². The monoisotopic (exact) mass is 463 g/mol. The Labute approximate surface area is 183 Å². The van der Waals surface area contributed by atoms with Crippen LogP contribution in [0.25, 0.3) is 11.6 Å². The molecular formula is C24H18BrNO4. The van der Waals surface area contributed by atoms with Gasteiger partial charge in [-0.1, -0.05) is 34.1 Å². The van der Waals surface area contributed by atoms with E-state index in [9.17, 15) is 10.1 Å². The van der Waals surface area contributed by atoms with Crippen LogP contribution in [0.15, 0.2) is 71.2 Å². The number of ether oxygens (including phenoxy) is 3. The summed E-state index contributed by atoms with van der Waals surface area (Å²) in [7, 11) is 3.05. The van der Waals surface area contributed by atoms with Crippen LogP contribution in [0.5, 0.6) is 17.2 Å². The minimum absolute atomic E-state index is 0.290. The molecule has 0 spiro atoms. The van der Waals surface area contributed by atoms with Gasteiger partial charge in [0.1, 0.15) is 5.75 Å². The van der Waals surface area contributed by atoms with E-state index in [1.54, 1.807) is 61.7 Å². The standard InChI is InChI=1S/C24H18BrNO4/c1-28-21-6-4-3-5-20(21)18(15-26)13-16-7-12-22(23(14-16)29-2)30-24(27)17-8-10-19(25)11-9-17/h3-14H,1-2H3/b18-13-. The van der Waals surface area contributed by atoms with Gasteiger partial charge in [0.2, 0.25) is 0 Å². The van der Waals surface area contributed by atoms with Crippen LogP contribution in [0.3, 0.4) is 0 Å². The fraction of sp³-hybridized carbons (Fsp3) is 0.0833. The van der Waals surface area contributed by atoms with E-state index in [2.05, 4.69) is 22.0 Å². The Hall–Kier alpha value is -3.56. The zero-order valence-corrected chi connectivity index (χ0v) is 18.0. The molecule has 0 aliphatic carbocycles. The molecule has 0 N–H and O–H groups in total. The third kappa shape index (κ3) is 4.88. The molecule has 0 amide bonds. The third-order valence-corrected chi connectivity index (χ3v) is 4.83. The topological polar surface area (TPSA) is 68.6 Å². The fourth-order valence-electron chi connectivity index (χ4n) is 2.81. The van der Waals surface area contributed by atoms with Crippen molar-refractivity contribution < 1.29 is 19.0 Å². The van der Waals surface area contributed by atoms with E-state index in [1.165, 1.54) is 7.11 Å². The Morgan fingerprint density at radius 1 is 0.933 bits per heavy atom. The number of para-hydroxylation sites is 1. The van der Waals surface area contributed by atoms with E-state index in [-0.39, 0.29) is 0 Å². The molecule has 0 fully saturated rings. The average molecular weight is 464 g/mol.